The van der Waals surface area contributed by atoms with Crippen molar-refractivity contribution in [1.82, 2.24) is 0 Å². The Labute approximate surface area is 263 Å². The summed E-state index contributed by atoms with van der Waals surface area (Å²) in [5.74, 6) is 0.978. The molecule has 0 N–H and O–H groups in total. The van der Waals surface area contributed by atoms with Crippen molar-refractivity contribution >= 4 is 11.7 Å². The highest BCUT2D eigenvalue weighted by Gasteiger charge is 2.19. The molecule has 0 spiro atoms. The van der Waals surface area contributed by atoms with Gasteiger partial charge in [-0.1, -0.05) is 96.3 Å². The molecule has 44 heavy (non-hydrogen) atoms. The summed E-state index contributed by atoms with van der Waals surface area (Å²) in [6.07, 6.45) is 15.3. The van der Waals surface area contributed by atoms with Crippen molar-refractivity contribution in [2.75, 3.05) is 6.61 Å². The van der Waals surface area contributed by atoms with E-state index in [4.69, 9.17) is 14.2 Å². The highest BCUT2D eigenvalue weighted by atomic mass is 16.6. The van der Waals surface area contributed by atoms with Crippen molar-refractivity contribution in [2.45, 2.75) is 110 Å². The highest BCUT2D eigenvalue weighted by molar-refractivity contribution is 5.91. The maximum absolute atomic E-state index is 12.7. The van der Waals surface area contributed by atoms with Gasteiger partial charge in [0.25, 0.3) is 0 Å². The highest BCUT2D eigenvalue weighted by Crippen LogP contribution is 2.34. The molecule has 0 aliphatic rings. The topological polar surface area (TPSA) is 87.9 Å². The van der Waals surface area contributed by atoms with Crippen LogP contribution in [0.2, 0.25) is 0 Å². The molecule has 3 rings (SSSR count). The van der Waals surface area contributed by atoms with E-state index in [0.717, 1.165) is 43.4 Å². The van der Waals surface area contributed by atoms with E-state index in [-0.39, 0.29) is 17.5 Å². The third-order valence-electron chi connectivity index (χ3n) is 7.70. The Bertz CT molecular complexity index is 1270. The smallest absolute Gasteiger partial charge is 0.343 e. The average Bonchev–Trinajstić information content (AvgIpc) is 3.03. The van der Waals surface area contributed by atoms with Crippen LogP contribution < -0.4 is 14.2 Å². The number of rotatable bonds is 21. The van der Waals surface area contributed by atoms with Crippen molar-refractivity contribution in [1.29, 1.82) is 0 Å². The SMILES string of the molecule is CCCCCCCCCCOc1ccc(OC(=O)c2ccc(-c3ccc(O[C@@H](C)CCCCCC)c([N+](=O)[O-])c3)cc2)cc1. The molecule has 3 aromatic rings. The third-order valence-corrected chi connectivity index (χ3v) is 7.70. The van der Waals surface area contributed by atoms with Crippen molar-refractivity contribution in [3.63, 3.8) is 0 Å². The Hall–Kier alpha value is -3.87. The van der Waals surface area contributed by atoms with Crippen LogP contribution in [0, 0.1) is 10.1 Å². The standard InChI is InChI=1S/C37H49NO6/c1-4-6-8-10-11-12-13-15-27-42-33-22-24-34(25-23-33)44-37(39)31-19-17-30(18-20-31)32-21-26-36(35(28-32)38(40)41)43-29(3)16-14-9-7-5-2/h17-26,28-29H,4-16,27H2,1-3H3/t29-/m0/s1. The van der Waals surface area contributed by atoms with Crippen LogP contribution in [-0.2, 0) is 0 Å². The molecule has 3 aromatic carbocycles. The molecular weight excluding hydrogens is 554 g/mol. The summed E-state index contributed by atoms with van der Waals surface area (Å²) in [5, 5.41) is 11.8. The lowest BCUT2D eigenvalue weighted by atomic mass is 10.0. The Balaban J connectivity index is 1.49. The van der Waals surface area contributed by atoms with E-state index in [1.807, 2.05) is 19.1 Å². The summed E-state index contributed by atoms with van der Waals surface area (Å²) < 4.78 is 17.3. The van der Waals surface area contributed by atoms with Gasteiger partial charge in [-0.05, 0) is 79.8 Å². The number of benzene rings is 3. The molecule has 0 saturated heterocycles. The second kappa shape index (κ2) is 19.4. The maximum atomic E-state index is 12.7. The Morgan fingerprint density at radius 3 is 1.93 bits per heavy atom. The van der Waals surface area contributed by atoms with E-state index < -0.39 is 10.9 Å². The van der Waals surface area contributed by atoms with Gasteiger partial charge in [0.2, 0.25) is 0 Å². The number of carbonyl (C=O) groups excluding carboxylic acids is 1. The first-order valence-electron chi connectivity index (χ1n) is 16.4. The minimum Gasteiger partial charge on any atom is -0.494 e. The first-order valence-corrected chi connectivity index (χ1v) is 16.4. The summed E-state index contributed by atoms with van der Waals surface area (Å²) in [4.78, 5) is 24.1. The molecule has 7 heteroatoms. The van der Waals surface area contributed by atoms with Crippen molar-refractivity contribution in [3.8, 4) is 28.4 Å². The molecule has 0 aliphatic heterocycles. The molecule has 0 saturated carbocycles. The first kappa shape index (κ1) is 34.6. The van der Waals surface area contributed by atoms with E-state index in [1.54, 1.807) is 48.5 Å². The predicted molar refractivity (Wildman–Crippen MR) is 177 cm³/mol. The van der Waals surface area contributed by atoms with Gasteiger partial charge in [-0.3, -0.25) is 10.1 Å². The number of esters is 1. The van der Waals surface area contributed by atoms with Gasteiger partial charge in [0.15, 0.2) is 5.75 Å². The van der Waals surface area contributed by atoms with Crippen LogP contribution in [0.5, 0.6) is 17.2 Å². The monoisotopic (exact) mass is 603 g/mol. The molecule has 0 fully saturated rings. The predicted octanol–water partition coefficient (Wildman–Crippen LogP) is 10.7. The molecule has 0 aromatic heterocycles. The van der Waals surface area contributed by atoms with Gasteiger partial charge in [0, 0.05) is 6.07 Å². The van der Waals surface area contributed by atoms with E-state index in [1.165, 1.54) is 57.4 Å². The summed E-state index contributed by atoms with van der Waals surface area (Å²) in [5.41, 5.74) is 1.73. The molecule has 0 heterocycles. The molecule has 238 valence electrons. The molecule has 0 aliphatic carbocycles. The Kier molecular flexibility index (Phi) is 15.3. The number of nitro benzene ring substituents is 1. The molecular formula is C37H49NO6. The third kappa shape index (κ3) is 12.0. The van der Waals surface area contributed by atoms with E-state index in [0.29, 0.717) is 23.5 Å². The van der Waals surface area contributed by atoms with Gasteiger partial charge >= 0.3 is 11.7 Å². The fourth-order valence-electron chi connectivity index (χ4n) is 5.07. The zero-order valence-corrected chi connectivity index (χ0v) is 26.7. The summed E-state index contributed by atoms with van der Waals surface area (Å²) in [6.45, 7) is 7.03. The lowest BCUT2D eigenvalue weighted by Gasteiger charge is -2.15. The van der Waals surface area contributed by atoms with Crippen LogP contribution >= 0.6 is 0 Å². The van der Waals surface area contributed by atoms with Gasteiger partial charge in [-0.25, -0.2) is 4.79 Å². The minimum atomic E-state index is -0.480. The van der Waals surface area contributed by atoms with E-state index in [2.05, 4.69) is 13.8 Å². The number of carbonyl (C=O) groups is 1. The Morgan fingerprint density at radius 1 is 0.727 bits per heavy atom. The van der Waals surface area contributed by atoms with Gasteiger partial charge < -0.3 is 14.2 Å². The maximum Gasteiger partial charge on any atom is 0.343 e. The number of ether oxygens (including phenoxy) is 3. The number of hydrogen-bond acceptors (Lipinski definition) is 6. The normalized spacial score (nSPS) is 11.6. The quantitative estimate of drug-likeness (QED) is 0.0396. The lowest BCUT2D eigenvalue weighted by molar-refractivity contribution is -0.386. The van der Waals surface area contributed by atoms with Crippen LogP contribution in [0.15, 0.2) is 66.7 Å². The molecule has 0 radical (unpaired) electrons. The molecule has 0 bridgehead atoms. The fourth-order valence-corrected chi connectivity index (χ4v) is 5.07. The average molecular weight is 604 g/mol. The van der Waals surface area contributed by atoms with Crippen LogP contribution in [0.1, 0.15) is 115 Å². The second-order valence-corrected chi connectivity index (χ2v) is 11.5. The summed E-state index contributed by atoms with van der Waals surface area (Å²) >= 11 is 0. The second-order valence-electron chi connectivity index (χ2n) is 11.5. The number of nitro groups is 1. The summed E-state index contributed by atoms with van der Waals surface area (Å²) in [6, 6.07) is 18.9. The lowest BCUT2D eigenvalue weighted by Crippen LogP contribution is -2.12. The minimum absolute atomic E-state index is 0.0726. The first-order chi connectivity index (χ1) is 21.4. The van der Waals surface area contributed by atoms with Crippen molar-refractivity contribution < 1.29 is 23.9 Å². The van der Waals surface area contributed by atoms with Crippen molar-refractivity contribution in [2.24, 2.45) is 0 Å². The number of unbranched alkanes of at least 4 members (excludes halogenated alkanes) is 10. The van der Waals surface area contributed by atoms with Gasteiger partial charge in [-0.2, -0.15) is 0 Å². The number of nitrogens with zero attached hydrogens (tertiary/aromatic N) is 1. The molecule has 1 atom stereocenters. The largest absolute Gasteiger partial charge is 0.494 e. The zero-order valence-electron chi connectivity index (χ0n) is 26.7. The van der Waals surface area contributed by atoms with Gasteiger partial charge in [0.05, 0.1) is 23.2 Å². The molecule has 7 nitrogen and oxygen atoms in total. The van der Waals surface area contributed by atoms with E-state index >= 15 is 0 Å². The van der Waals surface area contributed by atoms with E-state index in [9.17, 15) is 14.9 Å². The van der Waals surface area contributed by atoms with Crippen LogP contribution in [0.25, 0.3) is 11.1 Å². The van der Waals surface area contributed by atoms with Crippen LogP contribution in [0.4, 0.5) is 5.69 Å². The molecule has 0 amide bonds. The number of hydrogen-bond donors (Lipinski definition) is 0. The van der Waals surface area contributed by atoms with Gasteiger partial charge in [-0.15, -0.1) is 0 Å². The van der Waals surface area contributed by atoms with Gasteiger partial charge in [0.1, 0.15) is 11.5 Å². The van der Waals surface area contributed by atoms with Crippen molar-refractivity contribution in [3.05, 3.63) is 82.4 Å². The fraction of sp³-hybridized carbons (Fsp3) is 0.486. The molecule has 0 unspecified atom stereocenters. The van der Waals surface area contributed by atoms with Crippen LogP contribution in [-0.4, -0.2) is 23.6 Å². The van der Waals surface area contributed by atoms with Crippen LogP contribution in [0.3, 0.4) is 0 Å². The summed E-state index contributed by atoms with van der Waals surface area (Å²) in [7, 11) is 0. The Morgan fingerprint density at radius 2 is 1.30 bits per heavy atom. The zero-order chi connectivity index (χ0) is 31.6.